The number of allylic oxidation sites excluding steroid dienone is 1. The molecule has 0 aliphatic carbocycles. The van der Waals surface area contributed by atoms with Gasteiger partial charge in [0.05, 0.1) is 19.1 Å². The summed E-state index contributed by atoms with van der Waals surface area (Å²) in [6, 6.07) is 10.0. The normalized spacial score (nSPS) is 11.6. The van der Waals surface area contributed by atoms with Crippen LogP contribution < -0.4 is 5.49 Å². The summed E-state index contributed by atoms with van der Waals surface area (Å²) in [5, 5.41) is 7.98. The first-order chi connectivity index (χ1) is 11.2. The number of aromatic nitrogens is 4. The number of imidazole rings is 1. The van der Waals surface area contributed by atoms with Crippen molar-refractivity contribution in [1.82, 2.24) is 19.5 Å². The minimum atomic E-state index is 0.150. The Labute approximate surface area is 133 Å². The first-order valence-electron chi connectivity index (χ1n) is 7.21. The second kappa shape index (κ2) is 6.31. The molecule has 0 unspecified atom stereocenters. The van der Waals surface area contributed by atoms with Crippen LogP contribution in [0.2, 0.25) is 0 Å². The zero-order valence-corrected chi connectivity index (χ0v) is 12.8. The van der Waals surface area contributed by atoms with E-state index in [0.717, 1.165) is 5.56 Å². The van der Waals surface area contributed by atoms with Crippen molar-refractivity contribution >= 4 is 16.9 Å². The van der Waals surface area contributed by atoms with Crippen LogP contribution in [0, 0.1) is 5.41 Å². The molecule has 0 aliphatic heterocycles. The van der Waals surface area contributed by atoms with Crippen molar-refractivity contribution in [3.8, 4) is 0 Å². The number of fused-ring (bicyclic) bond motifs is 1. The van der Waals surface area contributed by atoms with Crippen LogP contribution in [0.5, 0.6) is 0 Å². The molecule has 6 heteroatoms. The van der Waals surface area contributed by atoms with Gasteiger partial charge < -0.3 is 14.3 Å². The van der Waals surface area contributed by atoms with E-state index in [1.54, 1.807) is 12.4 Å². The summed E-state index contributed by atoms with van der Waals surface area (Å²) in [6.07, 6.45) is 4.77. The Morgan fingerprint density at radius 1 is 1.39 bits per heavy atom. The summed E-state index contributed by atoms with van der Waals surface area (Å²) in [5.74, 6) is 1.10. The van der Waals surface area contributed by atoms with E-state index in [2.05, 4.69) is 21.5 Å². The molecule has 0 fully saturated rings. The monoisotopic (exact) mass is 307 g/mol. The number of benzene rings is 1. The lowest BCUT2D eigenvalue weighted by atomic mass is 10.2. The highest BCUT2D eigenvalue weighted by Crippen LogP contribution is 2.16. The molecule has 0 radical (unpaired) electrons. The number of aromatic amines is 1. The number of hydrogen-bond donors (Lipinski definition) is 2. The summed E-state index contributed by atoms with van der Waals surface area (Å²) in [6.45, 7) is 6.04. The topological polar surface area (TPSA) is 79.6 Å². The molecule has 3 rings (SSSR count). The lowest BCUT2D eigenvalue weighted by molar-refractivity contribution is 0.434. The maximum atomic E-state index is 7.98. The average Bonchev–Trinajstić information content (AvgIpc) is 3.02. The van der Waals surface area contributed by atoms with Crippen molar-refractivity contribution in [3.05, 3.63) is 72.5 Å². The third-order valence-corrected chi connectivity index (χ3v) is 3.42. The Morgan fingerprint density at radius 2 is 2.17 bits per heavy atom. The van der Waals surface area contributed by atoms with Crippen molar-refractivity contribution in [2.45, 2.75) is 13.5 Å². The highest BCUT2D eigenvalue weighted by molar-refractivity contribution is 5.73. The third-order valence-electron chi connectivity index (χ3n) is 3.42. The predicted octanol–water partition coefficient (Wildman–Crippen LogP) is 2.81. The molecule has 23 heavy (non-hydrogen) atoms. The molecule has 3 aromatic rings. The van der Waals surface area contributed by atoms with E-state index in [4.69, 9.17) is 10.1 Å². The molecule has 2 heterocycles. The Hall–Kier alpha value is -3.15. The van der Waals surface area contributed by atoms with Gasteiger partial charge >= 0.3 is 0 Å². The molecule has 1 aromatic carbocycles. The summed E-state index contributed by atoms with van der Waals surface area (Å²) >= 11 is 0. The number of hydrogen-bond acceptors (Lipinski definition) is 4. The van der Waals surface area contributed by atoms with E-state index in [1.165, 1.54) is 6.26 Å². The molecule has 0 atom stereocenters. The second-order valence-corrected chi connectivity index (χ2v) is 4.93. The van der Waals surface area contributed by atoms with Gasteiger partial charge in [-0.25, -0.2) is 9.97 Å². The number of ether oxygens (including phenoxy) is 1. The van der Waals surface area contributed by atoms with Gasteiger partial charge in [0.25, 0.3) is 0 Å². The highest BCUT2D eigenvalue weighted by atomic mass is 16.5. The van der Waals surface area contributed by atoms with Gasteiger partial charge in [-0.1, -0.05) is 36.9 Å². The third kappa shape index (κ3) is 2.91. The second-order valence-electron chi connectivity index (χ2n) is 4.93. The molecule has 116 valence electrons. The van der Waals surface area contributed by atoms with E-state index < -0.39 is 0 Å². The molecule has 0 amide bonds. The quantitative estimate of drug-likeness (QED) is 0.711. The van der Waals surface area contributed by atoms with Crippen LogP contribution in [-0.2, 0) is 11.3 Å². The molecule has 6 nitrogen and oxygen atoms in total. The van der Waals surface area contributed by atoms with Gasteiger partial charge in [0.1, 0.15) is 5.52 Å². The van der Waals surface area contributed by atoms with Gasteiger partial charge in [-0.3, -0.25) is 5.41 Å². The van der Waals surface area contributed by atoms with Crippen molar-refractivity contribution < 1.29 is 4.74 Å². The van der Waals surface area contributed by atoms with Gasteiger partial charge in [-0.05, 0) is 18.6 Å². The van der Waals surface area contributed by atoms with Gasteiger partial charge in [-0.15, -0.1) is 0 Å². The predicted molar refractivity (Wildman–Crippen MR) is 88.2 cm³/mol. The van der Waals surface area contributed by atoms with Gasteiger partial charge in [0.2, 0.25) is 0 Å². The minimum Gasteiger partial charge on any atom is -0.462 e. The van der Waals surface area contributed by atoms with Crippen LogP contribution in [0.1, 0.15) is 18.3 Å². The summed E-state index contributed by atoms with van der Waals surface area (Å²) in [7, 11) is 0. The van der Waals surface area contributed by atoms with Crippen molar-refractivity contribution in [2.24, 2.45) is 0 Å². The van der Waals surface area contributed by atoms with Crippen LogP contribution in [0.3, 0.4) is 0 Å². The molecular formula is C17H17N5O. The summed E-state index contributed by atoms with van der Waals surface area (Å²) < 4.78 is 7.25. The Kier molecular flexibility index (Phi) is 4.05. The molecule has 0 aliphatic rings. The van der Waals surface area contributed by atoms with Crippen LogP contribution in [0.25, 0.3) is 16.9 Å². The Bertz CT molecular complexity index is 921. The number of nitrogens with one attached hydrogen (secondary N) is 2. The molecule has 2 N–H and O–H groups in total. The fraction of sp³-hybridized carbons (Fsp3) is 0.118. The standard InChI is InChI=1S/C17H17N5O/c1-3-13(23-4-2)16-20-14-15(18)19-11-22(17(14)21-16)10-12-8-6-5-7-9-12/h3-9,11,18H,2,10H2,1H3,(H,20,21)/b13-3-,18-15?. The lowest BCUT2D eigenvalue weighted by Gasteiger charge is -2.06. The van der Waals surface area contributed by atoms with Crippen LogP contribution >= 0.6 is 0 Å². The van der Waals surface area contributed by atoms with Crippen LogP contribution in [-0.4, -0.2) is 19.5 Å². The maximum Gasteiger partial charge on any atom is 0.175 e. The average molecular weight is 307 g/mol. The van der Waals surface area contributed by atoms with Crippen molar-refractivity contribution in [1.29, 1.82) is 5.41 Å². The summed E-state index contributed by atoms with van der Waals surface area (Å²) in [4.78, 5) is 11.8. The fourth-order valence-corrected chi connectivity index (χ4v) is 2.35. The Balaban J connectivity index is 2.10. The minimum absolute atomic E-state index is 0.150. The van der Waals surface area contributed by atoms with Gasteiger partial charge in [0, 0.05) is 0 Å². The van der Waals surface area contributed by atoms with E-state index in [1.807, 2.05) is 41.8 Å². The first-order valence-corrected chi connectivity index (χ1v) is 7.21. The van der Waals surface area contributed by atoms with E-state index in [9.17, 15) is 0 Å². The number of rotatable bonds is 5. The van der Waals surface area contributed by atoms with Crippen LogP contribution in [0.4, 0.5) is 0 Å². The fourth-order valence-electron chi connectivity index (χ4n) is 2.35. The molecule has 0 spiro atoms. The number of nitrogens with zero attached hydrogens (tertiary/aromatic N) is 3. The maximum absolute atomic E-state index is 7.98. The largest absolute Gasteiger partial charge is 0.462 e. The first kappa shape index (κ1) is 14.8. The smallest absolute Gasteiger partial charge is 0.175 e. The van der Waals surface area contributed by atoms with Gasteiger partial charge in [-0.2, -0.15) is 0 Å². The molecule has 0 saturated heterocycles. The highest BCUT2D eigenvalue weighted by Gasteiger charge is 2.12. The van der Waals surface area contributed by atoms with Gasteiger partial charge in [0.15, 0.2) is 22.7 Å². The zero-order chi connectivity index (χ0) is 16.2. The van der Waals surface area contributed by atoms with E-state index in [-0.39, 0.29) is 5.49 Å². The zero-order valence-electron chi connectivity index (χ0n) is 12.8. The summed E-state index contributed by atoms with van der Waals surface area (Å²) in [5.41, 5.74) is 2.52. The molecular weight excluding hydrogens is 290 g/mol. The van der Waals surface area contributed by atoms with E-state index in [0.29, 0.717) is 29.3 Å². The molecule has 2 aromatic heterocycles. The van der Waals surface area contributed by atoms with Crippen molar-refractivity contribution in [3.63, 3.8) is 0 Å². The lowest BCUT2D eigenvalue weighted by Crippen LogP contribution is -2.13. The molecule has 0 saturated carbocycles. The Morgan fingerprint density at radius 3 is 2.87 bits per heavy atom. The number of H-pyrrole nitrogens is 1. The molecule has 0 bridgehead atoms. The van der Waals surface area contributed by atoms with E-state index >= 15 is 0 Å². The SMILES string of the molecule is C=CO/C(=C\C)c1nc2c([nH]1)c(=N)ncn2Cc1ccccc1. The van der Waals surface area contributed by atoms with Crippen molar-refractivity contribution in [2.75, 3.05) is 0 Å². The van der Waals surface area contributed by atoms with Crippen LogP contribution in [0.15, 0.2) is 55.6 Å².